The molecule has 3 fully saturated rings. The molecule has 3 rings (SSSR count). The van der Waals surface area contributed by atoms with E-state index in [4.69, 9.17) is 4.74 Å². The topological polar surface area (TPSA) is 27.7 Å². The summed E-state index contributed by atoms with van der Waals surface area (Å²) in [5.74, 6) is 0. The Labute approximate surface area is 117 Å². The van der Waals surface area contributed by atoms with Gasteiger partial charge in [-0.1, -0.05) is 0 Å². The maximum atomic E-state index is 5.70. The molecule has 0 amide bonds. The highest BCUT2D eigenvalue weighted by atomic mass is 16.5. The Morgan fingerprint density at radius 1 is 1.26 bits per heavy atom. The molecular weight excluding hydrogens is 238 g/mol. The van der Waals surface area contributed by atoms with Gasteiger partial charge in [0.1, 0.15) is 0 Å². The molecule has 4 heteroatoms. The predicted molar refractivity (Wildman–Crippen MR) is 77.4 cm³/mol. The summed E-state index contributed by atoms with van der Waals surface area (Å²) in [6.45, 7) is 9.42. The lowest BCUT2D eigenvalue weighted by molar-refractivity contribution is 0.105. The van der Waals surface area contributed by atoms with Crippen molar-refractivity contribution in [1.82, 2.24) is 15.1 Å². The molecule has 1 N–H and O–H groups in total. The Balaban J connectivity index is 1.61. The first-order chi connectivity index (χ1) is 9.31. The molecule has 4 nitrogen and oxygen atoms in total. The molecule has 2 atom stereocenters. The van der Waals surface area contributed by atoms with E-state index >= 15 is 0 Å². The summed E-state index contributed by atoms with van der Waals surface area (Å²) in [7, 11) is 2.07. The second kappa shape index (κ2) is 6.08. The van der Waals surface area contributed by atoms with Gasteiger partial charge in [-0.3, -0.25) is 4.90 Å². The van der Waals surface area contributed by atoms with E-state index in [1.165, 1.54) is 58.4 Å². The van der Waals surface area contributed by atoms with Crippen LogP contribution in [0.1, 0.15) is 25.7 Å². The van der Waals surface area contributed by atoms with Gasteiger partial charge in [0.2, 0.25) is 0 Å². The molecule has 0 aromatic rings. The lowest BCUT2D eigenvalue weighted by Crippen LogP contribution is -2.46. The molecule has 0 spiro atoms. The summed E-state index contributed by atoms with van der Waals surface area (Å²) in [6, 6.07) is 0.830. The highest BCUT2D eigenvalue weighted by molar-refractivity contribution is 4.91. The monoisotopic (exact) mass is 267 g/mol. The summed E-state index contributed by atoms with van der Waals surface area (Å²) < 4.78 is 5.70. The zero-order chi connectivity index (χ0) is 13.1. The summed E-state index contributed by atoms with van der Waals surface area (Å²) in [6.07, 6.45) is 5.38. The van der Waals surface area contributed by atoms with Crippen molar-refractivity contribution in [3.8, 4) is 0 Å². The van der Waals surface area contributed by atoms with Crippen LogP contribution in [-0.4, -0.2) is 75.4 Å². The molecular formula is C15H29N3O. The summed E-state index contributed by atoms with van der Waals surface area (Å²) >= 11 is 0. The fourth-order valence-corrected chi connectivity index (χ4v) is 4.25. The molecule has 3 aliphatic heterocycles. The first kappa shape index (κ1) is 13.8. The van der Waals surface area contributed by atoms with Crippen LogP contribution in [0.5, 0.6) is 0 Å². The van der Waals surface area contributed by atoms with Crippen LogP contribution in [0.4, 0.5) is 0 Å². The smallest absolute Gasteiger partial charge is 0.0547 e. The van der Waals surface area contributed by atoms with Gasteiger partial charge >= 0.3 is 0 Å². The minimum atomic E-state index is 0.364. The van der Waals surface area contributed by atoms with Crippen LogP contribution in [0.3, 0.4) is 0 Å². The van der Waals surface area contributed by atoms with Crippen LogP contribution in [0.25, 0.3) is 0 Å². The molecule has 0 aliphatic carbocycles. The molecule has 19 heavy (non-hydrogen) atoms. The van der Waals surface area contributed by atoms with E-state index in [9.17, 15) is 0 Å². The normalized spacial score (nSPS) is 37.4. The molecule has 2 unspecified atom stereocenters. The van der Waals surface area contributed by atoms with Crippen molar-refractivity contribution in [2.45, 2.75) is 31.7 Å². The summed E-state index contributed by atoms with van der Waals surface area (Å²) in [5.41, 5.74) is 0.364. The Hall–Kier alpha value is -0.160. The Morgan fingerprint density at radius 2 is 2.16 bits per heavy atom. The zero-order valence-electron chi connectivity index (χ0n) is 12.4. The number of nitrogens with one attached hydrogen (secondary N) is 1. The van der Waals surface area contributed by atoms with Crippen LogP contribution < -0.4 is 5.32 Å². The van der Waals surface area contributed by atoms with Crippen LogP contribution in [0.15, 0.2) is 0 Å². The number of rotatable bonds is 4. The lowest BCUT2D eigenvalue weighted by atomic mass is 9.86. The highest BCUT2D eigenvalue weighted by Crippen LogP contribution is 2.30. The van der Waals surface area contributed by atoms with Crippen molar-refractivity contribution in [3.63, 3.8) is 0 Å². The van der Waals surface area contributed by atoms with Crippen molar-refractivity contribution >= 4 is 0 Å². The number of fused-ring (bicyclic) bond motifs is 1. The lowest BCUT2D eigenvalue weighted by Gasteiger charge is -2.35. The van der Waals surface area contributed by atoms with Gasteiger partial charge in [0.25, 0.3) is 0 Å². The van der Waals surface area contributed by atoms with Crippen LogP contribution in [0.2, 0.25) is 0 Å². The Morgan fingerprint density at radius 3 is 2.95 bits per heavy atom. The molecule has 0 aromatic carbocycles. The molecule has 0 bridgehead atoms. The van der Waals surface area contributed by atoms with E-state index < -0.39 is 0 Å². The first-order valence-electron chi connectivity index (χ1n) is 8.00. The van der Waals surface area contributed by atoms with E-state index in [0.29, 0.717) is 5.41 Å². The maximum absolute atomic E-state index is 5.70. The number of nitrogens with zero attached hydrogens (tertiary/aromatic N) is 2. The Kier molecular flexibility index (Phi) is 4.42. The molecule has 0 saturated carbocycles. The third kappa shape index (κ3) is 3.13. The van der Waals surface area contributed by atoms with E-state index in [2.05, 4.69) is 22.2 Å². The highest BCUT2D eigenvalue weighted by Gasteiger charge is 2.38. The largest absolute Gasteiger partial charge is 0.381 e. The molecule has 0 aromatic heterocycles. The van der Waals surface area contributed by atoms with Gasteiger partial charge in [0.05, 0.1) is 6.61 Å². The first-order valence-corrected chi connectivity index (χ1v) is 8.00. The van der Waals surface area contributed by atoms with E-state index in [1.807, 2.05) is 0 Å². The summed E-state index contributed by atoms with van der Waals surface area (Å²) in [5, 5.41) is 3.38. The third-order valence-electron chi connectivity index (χ3n) is 5.18. The van der Waals surface area contributed by atoms with Crippen LogP contribution in [0, 0.1) is 5.41 Å². The number of ether oxygens (including phenoxy) is 1. The number of hydrogen-bond donors (Lipinski definition) is 1. The molecule has 3 saturated heterocycles. The standard InChI is InChI=1S/C15H29N3O/c1-16-11-15(5-9-19-13-15)12-17-6-3-8-18-7-2-4-14(18)10-17/h14,16H,2-13H2,1H3. The van der Waals surface area contributed by atoms with Gasteiger partial charge in [-0.15, -0.1) is 0 Å². The van der Waals surface area contributed by atoms with Gasteiger partial charge in [-0.2, -0.15) is 0 Å². The fourth-order valence-electron chi connectivity index (χ4n) is 4.25. The molecule has 0 radical (unpaired) electrons. The Bertz CT molecular complexity index is 291. The fraction of sp³-hybridized carbons (Fsp3) is 1.00. The van der Waals surface area contributed by atoms with Crippen molar-refractivity contribution < 1.29 is 4.74 Å². The van der Waals surface area contributed by atoms with Crippen molar-refractivity contribution in [3.05, 3.63) is 0 Å². The third-order valence-corrected chi connectivity index (χ3v) is 5.18. The maximum Gasteiger partial charge on any atom is 0.0547 e. The minimum Gasteiger partial charge on any atom is -0.381 e. The van der Waals surface area contributed by atoms with Crippen LogP contribution >= 0.6 is 0 Å². The average Bonchev–Trinajstić information content (AvgIpc) is 2.97. The minimum absolute atomic E-state index is 0.364. The van der Waals surface area contributed by atoms with Gasteiger partial charge in [-0.25, -0.2) is 0 Å². The second-order valence-electron chi connectivity index (χ2n) is 6.75. The van der Waals surface area contributed by atoms with Gasteiger partial charge < -0.3 is 15.0 Å². The van der Waals surface area contributed by atoms with Gasteiger partial charge in [0, 0.05) is 37.7 Å². The van der Waals surface area contributed by atoms with Crippen molar-refractivity contribution in [2.75, 3.05) is 59.5 Å². The van der Waals surface area contributed by atoms with Crippen molar-refractivity contribution in [1.29, 1.82) is 0 Å². The summed E-state index contributed by atoms with van der Waals surface area (Å²) in [4.78, 5) is 5.44. The van der Waals surface area contributed by atoms with E-state index in [1.54, 1.807) is 0 Å². The second-order valence-corrected chi connectivity index (χ2v) is 6.75. The molecule has 110 valence electrons. The zero-order valence-corrected chi connectivity index (χ0v) is 12.4. The number of hydrogen-bond acceptors (Lipinski definition) is 4. The average molecular weight is 267 g/mol. The molecule has 3 heterocycles. The quantitative estimate of drug-likeness (QED) is 0.815. The van der Waals surface area contributed by atoms with Gasteiger partial charge in [-0.05, 0) is 52.4 Å². The predicted octanol–water partition coefficient (Wildman–Crippen LogP) is 0.783. The van der Waals surface area contributed by atoms with Crippen LogP contribution in [-0.2, 0) is 4.74 Å². The molecule has 3 aliphatic rings. The van der Waals surface area contributed by atoms with Crippen molar-refractivity contribution in [2.24, 2.45) is 5.41 Å². The van der Waals surface area contributed by atoms with Gasteiger partial charge in [0.15, 0.2) is 0 Å². The van der Waals surface area contributed by atoms with E-state index in [0.717, 1.165) is 25.8 Å². The SMILES string of the molecule is CNCC1(CN2CCCN3CCCC3C2)CCOC1. The van der Waals surface area contributed by atoms with E-state index in [-0.39, 0.29) is 0 Å².